The molecule has 1 amide bonds. The first-order valence-electron chi connectivity index (χ1n) is 8.71. The second-order valence-corrected chi connectivity index (χ2v) is 6.39. The predicted octanol–water partition coefficient (Wildman–Crippen LogP) is 3.63. The highest BCUT2D eigenvalue weighted by molar-refractivity contribution is 5.81. The van der Waals surface area contributed by atoms with E-state index < -0.39 is 0 Å². The summed E-state index contributed by atoms with van der Waals surface area (Å²) >= 11 is 0. The van der Waals surface area contributed by atoms with Gasteiger partial charge < -0.3 is 10.6 Å². The van der Waals surface area contributed by atoms with Crippen LogP contribution in [-0.2, 0) is 4.79 Å². The first-order chi connectivity index (χ1) is 9.67. The third-order valence-electron chi connectivity index (χ3n) is 4.50. The molecule has 0 radical (unpaired) electrons. The lowest BCUT2D eigenvalue weighted by molar-refractivity contribution is -0.123. The van der Waals surface area contributed by atoms with E-state index in [1.165, 1.54) is 51.4 Å². The fourth-order valence-corrected chi connectivity index (χ4v) is 3.19. The number of hydrogen-bond donors (Lipinski definition) is 2. The van der Waals surface area contributed by atoms with Crippen LogP contribution in [0.3, 0.4) is 0 Å². The predicted molar refractivity (Wildman–Crippen MR) is 85.8 cm³/mol. The van der Waals surface area contributed by atoms with Crippen LogP contribution in [0.15, 0.2) is 0 Å². The normalized spacial score (nSPS) is 24.4. The molecular weight excluding hydrogens is 248 g/mol. The second kappa shape index (κ2) is 10.2. The topological polar surface area (TPSA) is 41.1 Å². The Kier molecular flexibility index (Phi) is 8.92. The highest BCUT2D eigenvalue weighted by Gasteiger charge is 2.23. The summed E-state index contributed by atoms with van der Waals surface area (Å²) in [4.78, 5) is 12.0. The number of amides is 1. The van der Waals surface area contributed by atoms with E-state index in [0.717, 1.165) is 18.9 Å². The van der Waals surface area contributed by atoms with E-state index in [1.54, 1.807) is 0 Å². The van der Waals surface area contributed by atoms with Gasteiger partial charge in [-0.2, -0.15) is 0 Å². The van der Waals surface area contributed by atoms with Gasteiger partial charge in [-0.3, -0.25) is 4.79 Å². The molecule has 20 heavy (non-hydrogen) atoms. The van der Waals surface area contributed by atoms with Gasteiger partial charge in [-0.1, -0.05) is 39.5 Å². The molecule has 1 fully saturated rings. The summed E-state index contributed by atoms with van der Waals surface area (Å²) < 4.78 is 0. The van der Waals surface area contributed by atoms with Gasteiger partial charge >= 0.3 is 0 Å². The third-order valence-corrected chi connectivity index (χ3v) is 4.50. The van der Waals surface area contributed by atoms with Crippen LogP contribution in [0.25, 0.3) is 0 Å². The number of rotatable bonds is 9. The average molecular weight is 282 g/mol. The molecule has 0 aromatic carbocycles. The van der Waals surface area contributed by atoms with Crippen LogP contribution in [0.1, 0.15) is 78.6 Å². The zero-order valence-electron chi connectivity index (χ0n) is 13.7. The Morgan fingerprint density at radius 2 is 1.80 bits per heavy atom. The van der Waals surface area contributed by atoms with Crippen molar-refractivity contribution in [1.82, 2.24) is 10.6 Å². The Balaban J connectivity index is 2.15. The Morgan fingerprint density at radius 1 is 1.10 bits per heavy atom. The van der Waals surface area contributed by atoms with Crippen molar-refractivity contribution in [2.75, 3.05) is 6.54 Å². The Labute approximate surface area is 125 Å². The molecule has 0 aromatic rings. The lowest BCUT2D eigenvalue weighted by Crippen LogP contribution is -2.47. The number of unbranched alkanes of at least 4 members (excludes halogenated alkanes) is 2. The zero-order valence-corrected chi connectivity index (χ0v) is 13.7. The fourth-order valence-electron chi connectivity index (χ4n) is 3.19. The summed E-state index contributed by atoms with van der Waals surface area (Å²) in [5.74, 6) is 1.09. The van der Waals surface area contributed by atoms with Crippen molar-refractivity contribution in [1.29, 1.82) is 0 Å². The van der Waals surface area contributed by atoms with Crippen LogP contribution in [0.5, 0.6) is 0 Å². The SMILES string of the molecule is CCCCCNC(=O)C(C)NC1CCC(CCC)CC1. The second-order valence-electron chi connectivity index (χ2n) is 6.39. The minimum absolute atomic E-state index is 0.0515. The molecule has 3 heteroatoms. The van der Waals surface area contributed by atoms with Crippen LogP contribution >= 0.6 is 0 Å². The number of carbonyl (C=O) groups is 1. The van der Waals surface area contributed by atoms with Gasteiger partial charge in [-0.15, -0.1) is 0 Å². The Bertz CT molecular complexity index is 260. The lowest BCUT2D eigenvalue weighted by Gasteiger charge is -2.30. The van der Waals surface area contributed by atoms with Gasteiger partial charge in [0.05, 0.1) is 6.04 Å². The minimum atomic E-state index is -0.0515. The summed E-state index contributed by atoms with van der Waals surface area (Å²) in [6.45, 7) is 7.27. The number of hydrogen-bond acceptors (Lipinski definition) is 2. The maximum atomic E-state index is 12.0. The van der Waals surface area contributed by atoms with E-state index in [-0.39, 0.29) is 11.9 Å². The molecule has 1 saturated carbocycles. The first-order valence-corrected chi connectivity index (χ1v) is 8.71. The first kappa shape index (κ1) is 17.5. The van der Waals surface area contributed by atoms with Gasteiger partial charge in [0.15, 0.2) is 0 Å². The van der Waals surface area contributed by atoms with E-state index in [4.69, 9.17) is 0 Å². The van der Waals surface area contributed by atoms with Crippen molar-refractivity contribution in [2.45, 2.75) is 90.6 Å². The van der Waals surface area contributed by atoms with Crippen molar-refractivity contribution in [3.05, 3.63) is 0 Å². The van der Waals surface area contributed by atoms with Gasteiger partial charge in [0.25, 0.3) is 0 Å². The van der Waals surface area contributed by atoms with Crippen molar-refractivity contribution in [3.8, 4) is 0 Å². The van der Waals surface area contributed by atoms with Crippen LogP contribution in [0.2, 0.25) is 0 Å². The van der Waals surface area contributed by atoms with Crippen LogP contribution in [-0.4, -0.2) is 24.5 Å². The van der Waals surface area contributed by atoms with E-state index in [0.29, 0.717) is 6.04 Å². The maximum Gasteiger partial charge on any atom is 0.236 e. The summed E-state index contributed by atoms with van der Waals surface area (Å²) in [6.07, 6.45) is 11.3. The standard InChI is InChI=1S/C17H34N2O/c1-4-6-7-13-18-17(20)14(3)19-16-11-9-15(8-5-2)10-12-16/h14-16,19H,4-13H2,1-3H3,(H,18,20). The molecule has 2 N–H and O–H groups in total. The monoisotopic (exact) mass is 282 g/mol. The van der Waals surface area contributed by atoms with Gasteiger partial charge in [0.1, 0.15) is 0 Å². The third kappa shape index (κ3) is 6.74. The summed E-state index contributed by atoms with van der Waals surface area (Å²) in [7, 11) is 0. The molecule has 0 saturated heterocycles. The van der Waals surface area contributed by atoms with Crippen molar-refractivity contribution < 1.29 is 4.79 Å². The van der Waals surface area contributed by atoms with E-state index >= 15 is 0 Å². The highest BCUT2D eigenvalue weighted by Crippen LogP contribution is 2.27. The van der Waals surface area contributed by atoms with Gasteiger partial charge in [-0.25, -0.2) is 0 Å². The molecule has 3 nitrogen and oxygen atoms in total. The average Bonchev–Trinajstić information content (AvgIpc) is 2.45. The maximum absolute atomic E-state index is 12.0. The van der Waals surface area contributed by atoms with Crippen LogP contribution in [0, 0.1) is 5.92 Å². The Hall–Kier alpha value is -0.570. The Morgan fingerprint density at radius 3 is 2.40 bits per heavy atom. The smallest absolute Gasteiger partial charge is 0.236 e. The number of carbonyl (C=O) groups excluding carboxylic acids is 1. The number of nitrogens with one attached hydrogen (secondary N) is 2. The molecule has 1 aliphatic rings. The molecule has 0 bridgehead atoms. The van der Waals surface area contributed by atoms with Gasteiger partial charge in [-0.05, 0) is 44.9 Å². The fraction of sp³-hybridized carbons (Fsp3) is 0.941. The van der Waals surface area contributed by atoms with E-state index in [1.807, 2.05) is 6.92 Å². The molecule has 0 heterocycles. The highest BCUT2D eigenvalue weighted by atomic mass is 16.2. The minimum Gasteiger partial charge on any atom is -0.355 e. The quantitative estimate of drug-likeness (QED) is 0.634. The molecule has 1 atom stereocenters. The van der Waals surface area contributed by atoms with Crippen molar-refractivity contribution in [3.63, 3.8) is 0 Å². The molecule has 0 aliphatic heterocycles. The van der Waals surface area contributed by atoms with Gasteiger partial charge in [0, 0.05) is 12.6 Å². The zero-order chi connectivity index (χ0) is 14.8. The van der Waals surface area contributed by atoms with Gasteiger partial charge in [0.2, 0.25) is 5.91 Å². The van der Waals surface area contributed by atoms with Crippen molar-refractivity contribution in [2.24, 2.45) is 5.92 Å². The molecule has 118 valence electrons. The van der Waals surface area contributed by atoms with Crippen molar-refractivity contribution >= 4 is 5.91 Å². The van der Waals surface area contributed by atoms with Crippen LogP contribution < -0.4 is 10.6 Å². The van der Waals surface area contributed by atoms with E-state index in [2.05, 4.69) is 24.5 Å². The summed E-state index contributed by atoms with van der Waals surface area (Å²) in [5.41, 5.74) is 0. The molecule has 1 rings (SSSR count). The molecule has 0 aromatic heterocycles. The molecular formula is C17H34N2O. The van der Waals surface area contributed by atoms with E-state index in [9.17, 15) is 4.79 Å². The van der Waals surface area contributed by atoms with Crippen LogP contribution in [0.4, 0.5) is 0 Å². The molecule has 1 unspecified atom stereocenters. The lowest BCUT2D eigenvalue weighted by atomic mass is 9.83. The molecule has 1 aliphatic carbocycles. The molecule has 0 spiro atoms. The summed E-state index contributed by atoms with van der Waals surface area (Å²) in [5, 5.41) is 6.54. The largest absolute Gasteiger partial charge is 0.355 e. The summed E-state index contributed by atoms with van der Waals surface area (Å²) in [6, 6.07) is 0.490.